The van der Waals surface area contributed by atoms with E-state index in [1.54, 1.807) is 18.2 Å². The summed E-state index contributed by atoms with van der Waals surface area (Å²) in [5, 5.41) is 9.07. The predicted octanol–water partition coefficient (Wildman–Crippen LogP) is 2.58. The van der Waals surface area contributed by atoms with Gasteiger partial charge in [0, 0.05) is 6.61 Å². The number of hydrogen-bond acceptors (Lipinski definition) is 4. The third kappa shape index (κ3) is 5.59. The van der Waals surface area contributed by atoms with Gasteiger partial charge in [-0.25, -0.2) is 4.79 Å². The van der Waals surface area contributed by atoms with Crippen LogP contribution in [0, 0.1) is 5.92 Å². The molecule has 5 nitrogen and oxygen atoms in total. The van der Waals surface area contributed by atoms with Crippen LogP contribution in [0.1, 0.15) is 29.8 Å². The third-order valence-corrected chi connectivity index (χ3v) is 2.59. The topological polar surface area (TPSA) is 65.0 Å². The number of carboxylic acids is 1. The van der Waals surface area contributed by atoms with Gasteiger partial charge in [-0.05, 0) is 23.6 Å². The molecule has 0 radical (unpaired) electrons. The molecule has 0 bridgehead atoms. The molecule has 0 aliphatic heterocycles. The van der Waals surface area contributed by atoms with Gasteiger partial charge < -0.3 is 19.3 Å². The van der Waals surface area contributed by atoms with Crippen LogP contribution in [-0.4, -0.2) is 38.0 Å². The summed E-state index contributed by atoms with van der Waals surface area (Å²) in [5.74, 6) is -0.153. The Morgan fingerprint density at radius 1 is 1.25 bits per heavy atom. The number of benzene rings is 1. The molecule has 0 fully saturated rings. The van der Waals surface area contributed by atoms with Crippen LogP contribution in [-0.2, 0) is 16.1 Å². The highest BCUT2D eigenvalue weighted by molar-refractivity contribution is 5.91. The maximum atomic E-state index is 11.1. The summed E-state index contributed by atoms with van der Waals surface area (Å²) in [7, 11) is 1.45. The molecule has 0 unspecified atom stereocenters. The lowest BCUT2D eigenvalue weighted by atomic mass is 10.1. The van der Waals surface area contributed by atoms with Crippen LogP contribution < -0.4 is 4.74 Å². The molecule has 1 aromatic carbocycles. The van der Waals surface area contributed by atoms with Crippen LogP contribution in [0.25, 0.3) is 0 Å². The van der Waals surface area contributed by atoms with Crippen molar-refractivity contribution in [1.29, 1.82) is 0 Å². The van der Waals surface area contributed by atoms with E-state index < -0.39 is 5.97 Å². The molecule has 112 valence electrons. The second kappa shape index (κ2) is 8.55. The van der Waals surface area contributed by atoms with Crippen molar-refractivity contribution in [3.05, 3.63) is 29.3 Å². The summed E-state index contributed by atoms with van der Waals surface area (Å²) in [4.78, 5) is 11.1. The molecule has 1 N–H and O–H groups in total. The van der Waals surface area contributed by atoms with E-state index in [9.17, 15) is 4.79 Å². The summed E-state index contributed by atoms with van der Waals surface area (Å²) in [6.45, 7) is 6.28. The first-order valence-corrected chi connectivity index (χ1v) is 6.60. The Morgan fingerprint density at radius 3 is 2.55 bits per heavy atom. The maximum absolute atomic E-state index is 11.1. The van der Waals surface area contributed by atoms with Crippen LogP contribution in [0.2, 0.25) is 0 Å². The monoisotopic (exact) mass is 282 g/mol. The molecule has 0 saturated carbocycles. The fourth-order valence-electron chi connectivity index (χ4n) is 1.64. The number of hydrogen-bond donors (Lipinski definition) is 1. The van der Waals surface area contributed by atoms with E-state index in [1.165, 1.54) is 7.11 Å². The van der Waals surface area contributed by atoms with Crippen molar-refractivity contribution in [3.8, 4) is 5.75 Å². The first-order valence-electron chi connectivity index (χ1n) is 6.60. The number of rotatable bonds is 9. The van der Waals surface area contributed by atoms with Gasteiger partial charge >= 0.3 is 5.97 Å². The largest absolute Gasteiger partial charge is 0.496 e. The lowest BCUT2D eigenvalue weighted by Crippen LogP contribution is -2.09. The van der Waals surface area contributed by atoms with E-state index >= 15 is 0 Å². The Bertz CT molecular complexity index is 428. The highest BCUT2D eigenvalue weighted by atomic mass is 16.5. The highest BCUT2D eigenvalue weighted by Gasteiger charge is 2.11. The fourth-order valence-corrected chi connectivity index (χ4v) is 1.64. The summed E-state index contributed by atoms with van der Waals surface area (Å²) in [6, 6.07) is 4.99. The molecular formula is C15H22O5. The van der Waals surface area contributed by atoms with Crippen LogP contribution in [0.15, 0.2) is 18.2 Å². The zero-order valence-electron chi connectivity index (χ0n) is 12.2. The second-order valence-corrected chi connectivity index (χ2v) is 4.86. The van der Waals surface area contributed by atoms with Gasteiger partial charge in [0.05, 0.1) is 26.9 Å². The smallest absolute Gasteiger partial charge is 0.339 e. The quantitative estimate of drug-likeness (QED) is 0.705. The van der Waals surface area contributed by atoms with E-state index in [1.807, 2.05) is 0 Å². The molecule has 1 rings (SSSR count). The molecule has 1 aromatic rings. The Morgan fingerprint density at radius 2 is 1.95 bits per heavy atom. The van der Waals surface area contributed by atoms with Crippen molar-refractivity contribution in [2.24, 2.45) is 5.92 Å². The standard InChI is InChI=1S/C15H22O5/c1-11(2)9-19-6-7-20-10-12-4-5-14(18-3)13(8-12)15(16)17/h4-5,8,11H,6-7,9-10H2,1-3H3,(H,16,17). The summed E-state index contributed by atoms with van der Waals surface area (Å²) >= 11 is 0. The van der Waals surface area contributed by atoms with Gasteiger partial charge in [0.1, 0.15) is 11.3 Å². The van der Waals surface area contributed by atoms with Crippen LogP contribution in [0.5, 0.6) is 5.75 Å². The second-order valence-electron chi connectivity index (χ2n) is 4.86. The van der Waals surface area contributed by atoms with Crippen molar-refractivity contribution in [3.63, 3.8) is 0 Å². The SMILES string of the molecule is COc1ccc(COCCOCC(C)C)cc1C(=O)O. The average molecular weight is 282 g/mol. The summed E-state index contributed by atoms with van der Waals surface area (Å²) in [6.07, 6.45) is 0. The molecule has 0 atom stereocenters. The van der Waals surface area contributed by atoms with Crippen LogP contribution >= 0.6 is 0 Å². The van der Waals surface area contributed by atoms with E-state index in [-0.39, 0.29) is 5.56 Å². The minimum atomic E-state index is -1.01. The molecule has 0 aliphatic carbocycles. The third-order valence-electron chi connectivity index (χ3n) is 2.59. The molecule has 0 amide bonds. The number of aromatic carboxylic acids is 1. The normalized spacial score (nSPS) is 10.8. The number of ether oxygens (including phenoxy) is 3. The van der Waals surface area contributed by atoms with Crippen molar-refractivity contribution >= 4 is 5.97 Å². The maximum Gasteiger partial charge on any atom is 0.339 e. The van der Waals surface area contributed by atoms with Gasteiger partial charge in [0.25, 0.3) is 0 Å². The lowest BCUT2D eigenvalue weighted by molar-refractivity contribution is 0.0314. The Hall–Kier alpha value is -1.59. The Kier molecular flexibility index (Phi) is 7.04. The van der Waals surface area contributed by atoms with Gasteiger partial charge in [-0.2, -0.15) is 0 Å². The number of carbonyl (C=O) groups is 1. The van der Waals surface area contributed by atoms with Crippen LogP contribution in [0.4, 0.5) is 0 Å². The van der Waals surface area contributed by atoms with Crippen molar-refractivity contribution < 1.29 is 24.1 Å². The summed E-state index contributed by atoms with van der Waals surface area (Å²) in [5.41, 5.74) is 0.941. The molecule has 0 spiro atoms. The minimum absolute atomic E-state index is 0.143. The van der Waals surface area contributed by atoms with Crippen LogP contribution in [0.3, 0.4) is 0 Å². The zero-order valence-corrected chi connectivity index (χ0v) is 12.2. The van der Waals surface area contributed by atoms with Crippen molar-refractivity contribution in [2.75, 3.05) is 26.9 Å². The fraction of sp³-hybridized carbons (Fsp3) is 0.533. The van der Waals surface area contributed by atoms with E-state index in [0.29, 0.717) is 31.5 Å². The van der Waals surface area contributed by atoms with Gasteiger partial charge in [-0.15, -0.1) is 0 Å². The van der Waals surface area contributed by atoms with E-state index in [2.05, 4.69) is 13.8 Å². The van der Waals surface area contributed by atoms with E-state index in [4.69, 9.17) is 19.3 Å². The molecule has 0 aromatic heterocycles. The van der Waals surface area contributed by atoms with Gasteiger partial charge in [0.15, 0.2) is 0 Å². The lowest BCUT2D eigenvalue weighted by Gasteiger charge is -2.09. The number of carboxylic acid groups (broad SMARTS) is 1. The minimum Gasteiger partial charge on any atom is -0.496 e. The molecule has 5 heteroatoms. The molecule has 20 heavy (non-hydrogen) atoms. The Labute approximate surface area is 119 Å². The average Bonchev–Trinajstić information content (AvgIpc) is 2.42. The summed E-state index contributed by atoms with van der Waals surface area (Å²) < 4.78 is 15.8. The molecular weight excluding hydrogens is 260 g/mol. The molecule has 0 saturated heterocycles. The molecule has 0 aliphatic rings. The predicted molar refractivity (Wildman–Crippen MR) is 75.3 cm³/mol. The van der Waals surface area contributed by atoms with Gasteiger partial charge in [-0.3, -0.25) is 0 Å². The first kappa shape index (κ1) is 16.5. The van der Waals surface area contributed by atoms with Crippen molar-refractivity contribution in [2.45, 2.75) is 20.5 Å². The Balaban J connectivity index is 2.41. The first-order chi connectivity index (χ1) is 9.54. The molecule has 0 heterocycles. The van der Waals surface area contributed by atoms with E-state index in [0.717, 1.165) is 12.2 Å². The van der Waals surface area contributed by atoms with Gasteiger partial charge in [-0.1, -0.05) is 19.9 Å². The highest BCUT2D eigenvalue weighted by Crippen LogP contribution is 2.20. The zero-order chi connectivity index (χ0) is 15.0. The van der Waals surface area contributed by atoms with Gasteiger partial charge in [0.2, 0.25) is 0 Å². The number of methoxy groups -OCH3 is 1. The van der Waals surface area contributed by atoms with Crippen molar-refractivity contribution in [1.82, 2.24) is 0 Å².